The summed E-state index contributed by atoms with van der Waals surface area (Å²) in [4.78, 5) is 38.4. The molecule has 1 atom stereocenters. The van der Waals surface area contributed by atoms with Gasteiger partial charge in [0.25, 0.3) is 0 Å². The minimum absolute atomic E-state index is 0.118. The lowest BCUT2D eigenvalue weighted by Gasteiger charge is -2.22. The number of anilines is 1. The number of amides is 2. The van der Waals surface area contributed by atoms with E-state index >= 15 is 0 Å². The van der Waals surface area contributed by atoms with Gasteiger partial charge in [-0.15, -0.1) is 0 Å². The Morgan fingerprint density at radius 1 is 1.18 bits per heavy atom. The molecular weight excluding hydrogens is 403 g/mol. The fraction of sp³-hybridized carbons (Fsp3) is 0.625. The summed E-state index contributed by atoms with van der Waals surface area (Å²) in [5.41, 5.74) is -2.23. The number of halogens is 3. The van der Waals surface area contributed by atoms with E-state index in [0.29, 0.717) is 11.3 Å². The number of esters is 1. The molecule has 1 aromatic rings. The molecule has 1 heterocycles. The van der Waals surface area contributed by atoms with Gasteiger partial charge in [-0.2, -0.15) is 13.2 Å². The molecule has 2 N–H and O–H groups in total. The molecule has 2 amide bonds. The van der Waals surface area contributed by atoms with Gasteiger partial charge in [-0.05, 0) is 34.1 Å². The van der Waals surface area contributed by atoms with Gasteiger partial charge in [-0.1, -0.05) is 18.3 Å². The number of carbonyl (C=O) groups excluding carboxylic acids is 3. The summed E-state index contributed by atoms with van der Waals surface area (Å²) in [7, 11) is 0. The number of nitrogens with zero attached hydrogens (tertiary/aromatic N) is 1. The maximum Gasteiger partial charge on any atom is 0.435 e. The zero-order chi connectivity index (χ0) is 21.7. The number of rotatable bonds is 6. The third-order valence-electron chi connectivity index (χ3n) is 3.00. The lowest BCUT2D eigenvalue weighted by Crippen LogP contribution is -2.45. The van der Waals surface area contributed by atoms with Crippen LogP contribution in [0.15, 0.2) is 0 Å². The van der Waals surface area contributed by atoms with Gasteiger partial charge in [0.15, 0.2) is 10.8 Å². The van der Waals surface area contributed by atoms with Crippen LogP contribution in [0.2, 0.25) is 0 Å². The Hall–Kier alpha value is -2.37. The molecule has 1 aromatic heterocycles. The lowest BCUT2D eigenvalue weighted by molar-refractivity contribution is -0.141. The molecule has 0 fully saturated rings. The second kappa shape index (κ2) is 9.22. The molecule has 1 unspecified atom stereocenters. The molecule has 158 valence electrons. The number of thiazole rings is 1. The van der Waals surface area contributed by atoms with Crippen molar-refractivity contribution >= 4 is 34.4 Å². The van der Waals surface area contributed by atoms with E-state index in [1.807, 2.05) is 0 Å². The van der Waals surface area contributed by atoms with E-state index in [9.17, 15) is 27.6 Å². The fourth-order valence-electron chi connectivity index (χ4n) is 1.90. The van der Waals surface area contributed by atoms with Crippen LogP contribution in [-0.2, 0) is 20.4 Å². The first-order valence-corrected chi connectivity index (χ1v) is 9.15. The van der Waals surface area contributed by atoms with Crippen molar-refractivity contribution in [2.24, 2.45) is 0 Å². The van der Waals surface area contributed by atoms with Crippen LogP contribution in [0.5, 0.6) is 0 Å². The molecule has 0 bridgehead atoms. The SMILES string of the molecule is CCOC(=O)c1sc(NC(=O)C(CC)NC(=O)OC(C)(C)C)nc1C(F)(F)F. The van der Waals surface area contributed by atoms with Crippen molar-refractivity contribution in [1.29, 1.82) is 0 Å². The summed E-state index contributed by atoms with van der Waals surface area (Å²) < 4.78 is 49.0. The van der Waals surface area contributed by atoms with Gasteiger partial charge >= 0.3 is 18.2 Å². The second-order valence-corrected chi connectivity index (χ2v) is 7.51. The molecule has 0 aliphatic heterocycles. The van der Waals surface area contributed by atoms with Gasteiger partial charge in [0.2, 0.25) is 5.91 Å². The molecule has 0 radical (unpaired) electrons. The summed E-state index contributed by atoms with van der Waals surface area (Å²) >= 11 is 0.338. The molecule has 0 saturated heterocycles. The summed E-state index contributed by atoms with van der Waals surface area (Å²) in [6.07, 6.45) is -5.61. The van der Waals surface area contributed by atoms with Gasteiger partial charge in [-0.25, -0.2) is 14.6 Å². The Morgan fingerprint density at radius 3 is 2.25 bits per heavy atom. The third kappa shape index (κ3) is 6.98. The summed E-state index contributed by atoms with van der Waals surface area (Å²) in [5, 5.41) is 4.07. The smallest absolute Gasteiger partial charge is 0.435 e. The number of aromatic nitrogens is 1. The number of carbonyl (C=O) groups is 3. The summed E-state index contributed by atoms with van der Waals surface area (Å²) in [6.45, 7) is 7.83. The van der Waals surface area contributed by atoms with Crippen molar-refractivity contribution in [3.05, 3.63) is 10.6 Å². The highest BCUT2D eigenvalue weighted by molar-refractivity contribution is 7.17. The molecule has 28 heavy (non-hydrogen) atoms. The Labute approximate surface area is 163 Å². The Balaban J connectivity index is 2.97. The summed E-state index contributed by atoms with van der Waals surface area (Å²) in [6, 6.07) is -1.07. The normalized spacial score (nSPS) is 12.9. The fourth-order valence-corrected chi connectivity index (χ4v) is 2.78. The topological polar surface area (TPSA) is 107 Å². The van der Waals surface area contributed by atoms with E-state index in [-0.39, 0.29) is 13.0 Å². The predicted molar refractivity (Wildman–Crippen MR) is 95.2 cm³/mol. The van der Waals surface area contributed by atoms with E-state index in [0.717, 1.165) is 0 Å². The van der Waals surface area contributed by atoms with Crippen LogP contribution in [0.3, 0.4) is 0 Å². The van der Waals surface area contributed by atoms with E-state index < -0.39 is 51.5 Å². The second-order valence-electron chi connectivity index (χ2n) is 6.51. The van der Waals surface area contributed by atoms with Crippen molar-refractivity contribution in [2.45, 2.75) is 58.9 Å². The van der Waals surface area contributed by atoms with Crippen molar-refractivity contribution in [3.8, 4) is 0 Å². The largest absolute Gasteiger partial charge is 0.462 e. The van der Waals surface area contributed by atoms with Crippen LogP contribution in [0.1, 0.15) is 56.4 Å². The Bertz CT molecular complexity index is 728. The number of ether oxygens (including phenoxy) is 2. The highest BCUT2D eigenvalue weighted by atomic mass is 32.1. The molecule has 12 heteroatoms. The van der Waals surface area contributed by atoms with Crippen LogP contribution in [0, 0.1) is 0 Å². The van der Waals surface area contributed by atoms with Crippen molar-refractivity contribution in [1.82, 2.24) is 10.3 Å². The predicted octanol–water partition coefficient (Wildman–Crippen LogP) is 3.58. The molecule has 0 aliphatic rings. The van der Waals surface area contributed by atoms with Crippen molar-refractivity contribution in [3.63, 3.8) is 0 Å². The maximum atomic E-state index is 13.1. The zero-order valence-electron chi connectivity index (χ0n) is 16.0. The summed E-state index contributed by atoms with van der Waals surface area (Å²) in [5.74, 6) is -1.99. The lowest BCUT2D eigenvalue weighted by atomic mass is 10.2. The van der Waals surface area contributed by atoms with Gasteiger partial charge in [-0.3, -0.25) is 4.79 Å². The monoisotopic (exact) mass is 425 g/mol. The Morgan fingerprint density at radius 2 is 1.79 bits per heavy atom. The van der Waals surface area contributed by atoms with Crippen LogP contribution in [0.25, 0.3) is 0 Å². The quantitative estimate of drug-likeness (QED) is 0.675. The van der Waals surface area contributed by atoms with E-state index in [2.05, 4.69) is 20.4 Å². The van der Waals surface area contributed by atoms with Crippen LogP contribution < -0.4 is 10.6 Å². The van der Waals surface area contributed by atoms with Gasteiger partial charge < -0.3 is 20.1 Å². The average Bonchev–Trinajstić information content (AvgIpc) is 2.95. The molecule has 0 spiro atoms. The first kappa shape index (κ1) is 23.7. The minimum Gasteiger partial charge on any atom is -0.462 e. The molecular formula is C16H22F3N3O5S. The van der Waals surface area contributed by atoms with E-state index in [4.69, 9.17) is 4.74 Å². The van der Waals surface area contributed by atoms with Crippen molar-refractivity contribution in [2.75, 3.05) is 11.9 Å². The molecule has 0 saturated carbocycles. The number of hydrogen-bond acceptors (Lipinski definition) is 7. The number of nitrogens with one attached hydrogen (secondary N) is 2. The van der Waals surface area contributed by atoms with Crippen LogP contribution >= 0.6 is 11.3 Å². The van der Waals surface area contributed by atoms with E-state index in [1.54, 1.807) is 27.7 Å². The third-order valence-corrected chi connectivity index (χ3v) is 3.95. The highest BCUT2D eigenvalue weighted by Gasteiger charge is 2.40. The van der Waals surface area contributed by atoms with Gasteiger partial charge in [0, 0.05) is 0 Å². The van der Waals surface area contributed by atoms with Gasteiger partial charge in [0.1, 0.15) is 16.5 Å². The number of hydrogen-bond donors (Lipinski definition) is 2. The van der Waals surface area contributed by atoms with E-state index in [1.165, 1.54) is 6.92 Å². The first-order chi connectivity index (χ1) is 12.8. The van der Waals surface area contributed by atoms with Crippen molar-refractivity contribution < 1.29 is 37.0 Å². The average molecular weight is 425 g/mol. The molecule has 1 rings (SSSR count). The minimum atomic E-state index is -4.90. The molecule has 0 aliphatic carbocycles. The molecule has 0 aromatic carbocycles. The molecule has 8 nitrogen and oxygen atoms in total. The number of alkyl halides is 3. The Kier molecular flexibility index (Phi) is 7.79. The van der Waals surface area contributed by atoms with Gasteiger partial charge in [0.05, 0.1) is 6.61 Å². The standard InChI is InChI=1S/C16H22F3N3O5S/c1-6-8(20-14(25)27-15(3,4)5)11(23)22-13-21-10(16(17,18)19)9(28-13)12(24)26-7-2/h8H,6-7H2,1-5H3,(H,20,25)(H,21,22,23). The first-order valence-electron chi connectivity index (χ1n) is 8.34. The number of alkyl carbamates (subject to hydrolysis) is 1. The van der Waals surface area contributed by atoms with Crippen LogP contribution in [0.4, 0.5) is 23.1 Å². The maximum absolute atomic E-state index is 13.1. The zero-order valence-corrected chi connectivity index (χ0v) is 16.8. The van der Waals surface area contributed by atoms with Crippen LogP contribution in [-0.4, -0.2) is 41.2 Å². The highest BCUT2D eigenvalue weighted by Crippen LogP contribution is 2.36.